The van der Waals surface area contributed by atoms with Crippen molar-refractivity contribution in [1.82, 2.24) is 9.55 Å². The van der Waals surface area contributed by atoms with Crippen LogP contribution in [0.4, 0.5) is 4.39 Å². The molecule has 0 saturated carbocycles. The Kier molecular flexibility index (Phi) is 1.42. The first-order valence-corrected chi connectivity index (χ1v) is 4.47. The number of nitrogens with zero attached hydrogens (tertiary/aromatic N) is 2. The highest BCUT2D eigenvalue weighted by Gasteiger charge is 2.07. The third-order valence-corrected chi connectivity index (χ3v) is 2.24. The van der Waals surface area contributed by atoms with Gasteiger partial charge in [-0.3, -0.25) is 4.79 Å². The molecule has 1 aromatic carbocycles. The minimum Gasteiger partial charge on any atom is -0.302 e. The van der Waals surface area contributed by atoms with E-state index in [0.29, 0.717) is 9.04 Å². The molecule has 0 aliphatic carbocycles. The topological polar surface area (TPSA) is 34.9 Å². The van der Waals surface area contributed by atoms with Crippen LogP contribution in [0.3, 0.4) is 0 Å². The smallest absolute Gasteiger partial charge is 0.261 e. The lowest BCUT2D eigenvalue weighted by Crippen LogP contribution is -2.17. The van der Waals surface area contributed by atoms with E-state index in [9.17, 15) is 9.18 Å². The molecule has 0 aliphatic rings. The molecule has 2 aromatic rings. The zero-order valence-electron chi connectivity index (χ0n) is 9.79. The molecule has 3 nitrogen and oxygen atoms in total. The van der Waals surface area contributed by atoms with Crippen molar-refractivity contribution in [2.24, 2.45) is 6.98 Å². The summed E-state index contributed by atoms with van der Waals surface area (Å²) in [6.07, 6.45) is 0.828. The molecule has 1 heterocycles. The third-order valence-electron chi connectivity index (χ3n) is 1.78. The normalized spacial score (nSPS) is 14.9. The number of aryl methyl sites for hydroxylation is 1. The monoisotopic (exact) mass is 259 g/mol. The number of halogens is 2. The Balaban J connectivity index is 2.90. The molecule has 72 valence electrons. The molecule has 0 atom stereocenters. The summed E-state index contributed by atoms with van der Waals surface area (Å²) in [5, 5.41) is -0.0736. The molecular weight excluding hydrogens is 251 g/mol. The summed E-state index contributed by atoms with van der Waals surface area (Å²) in [5.41, 5.74) is -0.936. The Labute approximate surface area is 91.5 Å². The second kappa shape index (κ2) is 3.16. The van der Waals surface area contributed by atoms with E-state index in [2.05, 4.69) is 20.9 Å². The number of hydrogen-bond donors (Lipinski definition) is 0. The van der Waals surface area contributed by atoms with Crippen molar-refractivity contribution in [3.05, 3.63) is 39.1 Å². The van der Waals surface area contributed by atoms with Gasteiger partial charge < -0.3 is 4.57 Å². The van der Waals surface area contributed by atoms with Crippen LogP contribution in [-0.4, -0.2) is 9.55 Å². The number of hydrogen-bond acceptors (Lipinski definition) is 2. The lowest BCUT2D eigenvalue weighted by molar-refractivity contribution is 0.634. The Hall–Kier alpha value is -1.23. The Morgan fingerprint density at radius 3 is 3.14 bits per heavy atom. The molecule has 0 radical (unpaired) electrons. The Bertz CT molecular complexity index is 653. The van der Waals surface area contributed by atoms with Crippen LogP contribution in [0.5, 0.6) is 0 Å². The largest absolute Gasteiger partial charge is 0.302 e. The fourth-order valence-electron chi connectivity index (χ4n) is 1.16. The molecule has 0 unspecified atom stereocenters. The first-order chi connectivity index (χ1) is 7.80. The van der Waals surface area contributed by atoms with E-state index in [4.69, 9.17) is 4.11 Å². The Morgan fingerprint density at radius 1 is 1.64 bits per heavy atom. The van der Waals surface area contributed by atoms with Gasteiger partial charge in [-0.15, -0.1) is 0 Å². The molecule has 14 heavy (non-hydrogen) atoms. The SMILES string of the molecule is [2H]C([2H])([2H])n1cnc2c(F)cc(Br)cc2c1=O. The van der Waals surface area contributed by atoms with E-state index in [1.165, 1.54) is 6.07 Å². The summed E-state index contributed by atoms with van der Waals surface area (Å²) in [6, 6.07) is 2.50. The highest BCUT2D eigenvalue weighted by molar-refractivity contribution is 9.10. The molecule has 2 rings (SSSR count). The summed E-state index contributed by atoms with van der Waals surface area (Å²) in [7, 11) is 0. The zero-order valence-corrected chi connectivity index (χ0v) is 8.38. The highest BCUT2D eigenvalue weighted by atomic mass is 79.9. The van der Waals surface area contributed by atoms with E-state index >= 15 is 0 Å². The highest BCUT2D eigenvalue weighted by Crippen LogP contribution is 2.18. The van der Waals surface area contributed by atoms with Gasteiger partial charge in [0, 0.05) is 15.6 Å². The number of fused-ring (bicyclic) bond motifs is 1. The van der Waals surface area contributed by atoms with Crippen molar-refractivity contribution in [1.29, 1.82) is 0 Å². The molecular formula is C9H6BrFN2O. The van der Waals surface area contributed by atoms with E-state index in [1.54, 1.807) is 0 Å². The van der Waals surface area contributed by atoms with Crippen LogP contribution < -0.4 is 5.56 Å². The van der Waals surface area contributed by atoms with Gasteiger partial charge in [-0.1, -0.05) is 15.9 Å². The van der Waals surface area contributed by atoms with Gasteiger partial charge in [0.05, 0.1) is 11.7 Å². The summed E-state index contributed by atoms with van der Waals surface area (Å²) >= 11 is 3.04. The van der Waals surface area contributed by atoms with E-state index < -0.39 is 18.4 Å². The van der Waals surface area contributed by atoms with Crippen molar-refractivity contribution in [3.8, 4) is 0 Å². The molecule has 0 N–H and O–H groups in total. The number of rotatable bonds is 0. The van der Waals surface area contributed by atoms with Gasteiger partial charge in [0.25, 0.3) is 5.56 Å². The van der Waals surface area contributed by atoms with Crippen LogP contribution in [-0.2, 0) is 6.98 Å². The zero-order chi connectivity index (χ0) is 12.8. The maximum absolute atomic E-state index is 13.5. The van der Waals surface area contributed by atoms with Gasteiger partial charge in [0.2, 0.25) is 0 Å². The van der Waals surface area contributed by atoms with Crippen molar-refractivity contribution in [2.45, 2.75) is 0 Å². The second-order valence-electron chi connectivity index (χ2n) is 2.70. The van der Waals surface area contributed by atoms with Gasteiger partial charge in [0.15, 0.2) is 5.82 Å². The van der Waals surface area contributed by atoms with Crippen molar-refractivity contribution >= 4 is 26.8 Å². The van der Waals surface area contributed by atoms with Gasteiger partial charge in [-0.25, -0.2) is 9.37 Å². The quantitative estimate of drug-likeness (QED) is 0.724. The summed E-state index contributed by atoms with van der Waals surface area (Å²) in [6.45, 7) is -2.63. The third kappa shape index (κ3) is 1.33. The molecule has 1 aromatic heterocycles. The summed E-state index contributed by atoms with van der Waals surface area (Å²) in [4.78, 5) is 15.5. The maximum atomic E-state index is 13.5. The van der Waals surface area contributed by atoms with Gasteiger partial charge in [0.1, 0.15) is 5.52 Å². The van der Waals surface area contributed by atoms with Crippen LogP contribution in [0.15, 0.2) is 27.7 Å². The lowest BCUT2D eigenvalue weighted by Gasteiger charge is -2.01. The minimum atomic E-state index is -2.63. The fourth-order valence-corrected chi connectivity index (χ4v) is 1.59. The first kappa shape index (κ1) is 6.29. The molecule has 0 amide bonds. The van der Waals surface area contributed by atoms with E-state index in [1.807, 2.05) is 0 Å². The van der Waals surface area contributed by atoms with Gasteiger partial charge >= 0.3 is 0 Å². The Morgan fingerprint density at radius 2 is 2.43 bits per heavy atom. The average Bonchev–Trinajstić information content (AvgIpc) is 2.17. The van der Waals surface area contributed by atoms with Crippen LogP contribution in [0.2, 0.25) is 0 Å². The summed E-state index contributed by atoms with van der Waals surface area (Å²) in [5.74, 6) is -0.677. The lowest BCUT2D eigenvalue weighted by atomic mass is 10.2. The summed E-state index contributed by atoms with van der Waals surface area (Å²) < 4.78 is 35.8. The van der Waals surface area contributed by atoms with E-state index in [-0.39, 0.29) is 10.9 Å². The molecule has 0 aliphatic heterocycles. The average molecular weight is 260 g/mol. The molecule has 0 fully saturated rings. The minimum absolute atomic E-state index is 0.0736. The number of benzene rings is 1. The molecule has 0 spiro atoms. The van der Waals surface area contributed by atoms with Gasteiger partial charge in [-0.05, 0) is 12.1 Å². The predicted octanol–water partition coefficient (Wildman–Crippen LogP) is 1.84. The van der Waals surface area contributed by atoms with Gasteiger partial charge in [-0.2, -0.15) is 0 Å². The standard InChI is InChI=1S/C9H6BrFN2O/c1-13-4-12-8-6(9(13)14)2-5(10)3-7(8)11/h2-4H,1H3/i1D3. The van der Waals surface area contributed by atoms with Crippen LogP contribution in [0.25, 0.3) is 10.9 Å². The van der Waals surface area contributed by atoms with Crippen LogP contribution in [0, 0.1) is 5.82 Å². The predicted molar refractivity (Wildman–Crippen MR) is 54.6 cm³/mol. The molecule has 5 heteroatoms. The molecule has 0 saturated heterocycles. The van der Waals surface area contributed by atoms with Crippen molar-refractivity contribution in [3.63, 3.8) is 0 Å². The fraction of sp³-hybridized carbons (Fsp3) is 0.111. The maximum Gasteiger partial charge on any atom is 0.261 e. The second-order valence-corrected chi connectivity index (χ2v) is 3.62. The van der Waals surface area contributed by atoms with Crippen LogP contribution >= 0.6 is 15.9 Å². The van der Waals surface area contributed by atoms with Crippen molar-refractivity contribution in [2.75, 3.05) is 0 Å². The van der Waals surface area contributed by atoms with Crippen LogP contribution in [0.1, 0.15) is 4.11 Å². The molecule has 0 bridgehead atoms. The van der Waals surface area contributed by atoms with E-state index in [0.717, 1.165) is 12.4 Å². The number of aromatic nitrogens is 2. The van der Waals surface area contributed by atoms with Crippen molar-refractivity contribution < 1.29 is 8.50 Å². The first-order valence-electron chi connectivity index (χ1n) is 5.17.